The van der Waals surface area contributed by atoms with E-state index >= 15 is 0 Å². The Morgan fingerprint density at radius 2 is 1.80 bits per heavy atom. The molecule has 20 heavy (non-hydrogen) atoms. The predicted octanol–water partition coefficient (Wildman–Crippen LogP) is 3.19. The van der Waals surface area contributed by atoms with E-state index < -0.39 is 5.41 Å². The molecule has 0 heterocycles. The van der Waals surface area contributed by atoms with Crippen LogP contribution in [-0.4, -0.2) is 19.6 Å². The summed E-state index contributed by atoms with van der Waals surface area (Å²) in [6.45, 7) is 6.62. The van der Waals surface area contributed by atoms with Crippen molar-refractivity contribution in [1.82, 2.24) is 0 Å². The first-order valence-electron chi connectivity index (χ1n) is 7.39. The summed E-state index contributed by atoms with van der Waals surface area (Å²) in [6, 6.07) is 8.05. The Labute approximate surface area is 122 Å². The molecule has 3 nitrogen and oxygen atoms in total. The average Bonchev–Trinajstić information content (AvgIpc) is 2.49. The largest absolute Gasteiger partial charge is 0.468 e. The van der Waals surface area contributed by atoms with Gasteiger partial charge in [0.2, 0.25) is 0 Å². The normalized spacial score (nSPS) is 14.1. The Morgan fingerprint density at radius 1 is 1.25 bits per heavy atom. The fraction of sp³-hybridized carbons (Fsp3) is 0.588. The zero-order chi connectivity index (χ0) is 15.2. The van der Waals surface area contributed by atoms with Crippen LogP contribution in [0.3, 0.4) is 0 Å². The number of aryl methyl sites for hydroxylation is 1. The molecule has 3 heteroatoms. The van der Waals surface area contributed by atoms with E-state index in [1.165, 1.54) is 12.7 Å². The number of carbonyl (C=O) groups excluding carboxylic acids is 1. The van der Waals surface area contributed by atoms with Gasteiger partial charge in [-0.2, -0.15) is 0 Å². The van der Waals surface area contributed by atoms with Gasteiger partial charge in [-0.25, -0.2) is 0 Å². The van der Waals surface area contributed by atoms with Crippen LogP contribution >= 0.6 is 0 Å². The maximum absolute atomic E-state index is 12.4. The molecule has 0 saturated heterocycles. The second kappa shape index (κ2) is 7.44. The van der Waals surface area contributed by atoms with Crippen LogP contribution in [0.15, 0.2) is 24.3 Å². The van der Waals surface area contributed by atoms with Gasteiger partial charge in [0.25, 0.3) is 0 Å². The summed E-state index contributed by atoms with van der Waals surface area (Å²) in [7, 11) is 1.44. The highest BCUT2D eigenvalue weighted by molar-refractivity contribution is 5.83. The lowest BCUT2D eigenvalue weighted by atomic mass is 9.72. The van der Waals surface area contributed by atoms with E-state index in [-0.39, 0.29) is 12.5 Å². The third kappa shape index (κ3) is 3.40. The second-order valence-corrected chi connectivity index (χ2v) is 5.53. The first kappa shape index (κ1) is 16.7. The summed E-state index contributed by atoms with van der Waals surface area (Å²) in [4.78, 5) is 12.4. The summed E-state index contributed by atoms with van der Waals surface area (Å²) in [5.41, 5.74) is 7.42. The minimum absolute atomic E-state index is 0.226. The molecule has 0 saturated carbocycles. The molecular formula is C17H27NO2. The molecule has 0 fully saturated rings. The summed E-state index contributed by atoms with van der Waals surface area (Å²) in [5, 5.41) is 0. The maximum atomic E-state index is 12.4. The molecule has 0 aromatic heterocycles. The molecule has 1 unspecified atom stereocenters. The zero-order valence-electron chi connectivity index (χ0n) is 13.1. The van der Waals surface area contributed by atoms with Gasteiger partial charge in [0.1, 0.15) is 5.41 Å². The molecule has 1 atom stereocenters. The van der Waals surface area contributed by atoms with Gasteiger partial charge in [-0.1, -0.05) is 56.5 Å². The lowest BCUT2D eigenvalue weighted by Gasteiger charge is -2.33. The van der Waals surface area contributed by atoms with E-state index in [9.17, 15) is 4.79 Å². The Morgan fingerprint density at radius 3 is 2.20 bits per heavy atom. The molecular weight excluding hydrogens is 250 g/mol. The summed E-state index contributed by atoms with van der Waals surface area (Å²) in [5.74, 6) is 0.245. The van der Waals surface area contributed by atoms with Gasteiger partial charge in [0, 0.05) is 6.54 Å². The van der Waals surface area contributed by atoms with Crippen molar-refractivity contribution in [3.05, 3.63) is 35.4 Å². The van der Waals surface area contributed by atoms with Crippen molar-refractivity contribution >= 4 is 5.97 Å². The lowest BCUT2D eigenvalue weighted by molar-refractivity contribution is -0.148. The molecule has 1 aromatic carbocycles. The molecule has 0 amide bonds. The number of hydrogen-bond donors (Lipinski definition) is 1. The fourth-order valence-corrected chi connectivity index (χ4v) is 2.74. The van der Waals surface area contributed by atoms with Gasteiger partial charge < -0.3 is 10.5 Å². The van der Waals surface area contributed by atoms with E-state index in [0.29, 0.717) is 5.92 Å². The third-order valence-electron chi connectivity index (χ3n) is 4.32. The van der Waals surface area contributed by atoms with Gasteiger partial charge >= 0.3 is 5.97 Å². The predicted molar refractivity (Wildman–Crippen MR) is 82.6 cm³/mol. The zero-order valence-corrected chi connectivity index (χ0v) is 13.1. The maximum Gasteiger partial charge on any atom is 0.317 e. The Balaban J connectivity index is 3.24. The van der Waals surface area contributed by atoms with Crippen molar-refractivity contribution < 1.29 is 9.53 Å². The topological polar surface area (TPSA) is 52.3 Å². The molecule has 1 rings (SSSR count). The average molecular weight is 277 g/mol. The minimum Gasteiger partial charge on any atom is -0.468 e. The van der Waals surface area contributed by atoms with Crippen LogP contribution in [0.4, 0.5) is 0 Å². The number of hydrogen-bond acceptors (Lipinski definition) is 3. The molecule has 0 bridgehead atoms. The first-order valence-corrected chi connectivity index (χ1v) is 7.39. The summed E-state index contributed by atoms with van der Waals surface area (Å²) >= 11 is 0. The summed E-state index contributed by atoms with van der Waals surface area (Å²) in [6.07, 6.45) is 2.83. The van der Waals surface area contributed by atoms with Crippen LogP contribution in [0.2, 0.25) is 0 Å². The lowest BCUT2D eigenvalue weighted by Crippen LogP contribution is -2.45. The smallest absolute Gasteiger partial charge is 0.317 e. The number of nitrogens with two attached hydrogens (primary N) is 1. The van der Waals surface area contributed by atoms with E-state index in [0.717, 1.165) is 24.8 Å². The van der Waals surface area contributed by atoms with Crippen LogP contribution in [0, 0.1) is 12.8 Å². The van der Waals surface area contributed by atoms with Gasteiger partial charge in [0.05, 0.1) is 7.11 Å². The minimum atomic E-state index is -0.723. The van der Waals surface area contributed by atoms with Crippen LogP contribution in [0.1, 0.15) is 44.2 Å². The van der Waals surface area contributed by atoms with Crippen molar-refractivity contribution in [2.45, 2.75) is 45.4 Å². The molecule has 1 aromatic rings. The highest BCUT2D eigenvalue weighted by atomic mass is 16.5. The molecule has 0 aliphatic carbocycles. The monoisotopic (exact) mass is 277 g/mol. The molecule has 0 spiro atoms. The van der Waals surface area contributed by atoms with E-state index in [1.807, 2.05) is 31.2 Å². The molecule has 0 radical (unpaired) electrons. The van der Waals surface area contributed by atoms with Gasteiger partial charge in [0.15, 0.2) is 0 Å². The van der Waals surface area contributed by atoms with E-state index in [4.69, 9.17) is 10.5 Å². The highest BCUT2D eigenvalue weighted by Gasteiger charge is 2.41. The van der Waals surface area contributed by atoms with Crippen molar-refractivity contribution in [2.24, 2.45) is 11.7 Å². The number of rotatable bonds is 7. The van der Waals surface area contributed by atoms with Crippen LogP contribution in [0.5, 0.6) is 0 Å². The number of methoxy groups -OCH3 is 1. The van der Waals surface area contributed by atoms with Crippen molar-refractivity contribution in [2.75, 3.05) is 13.7 Å². The SMILES string of the molecule is CCC(CC)CC(CN)(C(=O)OC)c1ccc(C)cc1. The molecule has 2 N–H and O–H groups in total. The van der Waals surface area contributed by atoms with E-state index in [2.05, 4.69) is 13.8 Å². The number of esters is 1. The number of ether oxygens (including phenoxy) is 1. The summed E-state index contributed by atoms with van der Waals surface area (Å²) < 4.78 is 5.06. The first-order chi connectivity index (χ1) is 9.53. The fourth-order valence-electron chi connectivity index (χ4n) is 2.74. The van der Waals surface area contributed by atoms with Gasteiger partial charge in [-0.15, -0.1) is 0 Å². The molecule has 0 aliphatic rings. The highest BCUT2D eigenvalue weighted by Crippen LogP contribution is 2.34. The quantitative estimate of drug-likeness (QED) is 0.779. The van der Waals surface area contributed by atoms with Crippen LogP contribution in [-0.2, 0) is 14.9 Å². The van der Waals surface area contributed by atoms with E-state index in [1.54, 1.807) is 0 Å². The number of carbonyl (C=O) groups is 1. The Bertz CT molecular complexity index is 423. The van der Waals surface area contributed by atoms with Crippen molar-refractivity contribution in [3.63, 3.8) is 0 Å². The standard InChI is InChI=1S/C17H27NO2/c1-5-14(6-2)11-17(12-18,16(19)20-4)15-9-7-13(3)8-10-15/h7-10,14H,5-6,11-12,18H2,1-4H3. The van der Waals surface area contributed by atoms with Crippen LogP contribution in [0.25, 0.3) is 0 Å². The van der Waals surface area contributed by atoms with Gasteiger partial charge in [-0.05, 0) is 24.8 Å². The Kier molecular flexibility index (Phi) is 6.21. The Hall–Kier alpha value is -1.35. The van der Waals surface area contributed by atoms with Crippen molar-refractivity contribution in [3.8, 4) is 0 Å². The molecule has 0 aliphatic heterocycles. The van der Waals surface area contributed by atoms with Crippen molar-refractivity contribution in [1.29, 1.82) is 0 Å². The number of benzene rings is 1. The molecule has 112 valence electrons. The third-order valence-corrected chi connectivity index (χ3v) is 4.32. The van der Waals surface area contributed by atoms with Gasteiger partial charge in [-0.3, -0.25) is 4.79 Å². The second-order valence-electron chi connectivity index (χ2n) is 5.53. The van der Waals surface area contributed by atoms with Crippen LogP contribution < -0.4 is 5.73 Å².